The summed E-state index contributed by atoms with van der Waals surface area (Å²) in [6.45, 7) is 5.39. The molecule has 3 aromatic rings. The normalized spacial score (nSPS) is 11.1. The van der Waals surface area contributed by atoms with Gasteiger partial charge in [-0.3, -0.25) is 0 Å². The van der Waals surface area contributed by atoms with Crippen molar-refractivity contribution in [1.29, 1.82) is 0 Å². The van der Waals surface area contributed by atoms with Crippen LogP contribution in [0.4, 0.5) is 5.95 Å². The standard InChI is InChI=1S/C15H18N4OS/c1-3-7-20-12-6-4-5-11-14(12)18-15(16)19(11)8-13-17-10(2)9-21-13/h4-6,9H,3,7-8H2,1-2H3,(H2,16,18). The number of nitrogens with two attached hydrogens (primary N) is 1. The van der Waals surface area contributed by atoms with Crippen LogP contribution in [0.3, 0.4) is 0 Å². The average molecular weight is 302 g/mol. The number of aryl methyl sites for hydroxylation is 1. The maximum atomic E-state index is 6.08. The van der Waals surface area contributed by atoms with Gasteiger partial charge in [-0.15, -0.1) is 11.3 Å². The van der Waals surface area contributed by atoms with Crippen LogP contribution >= 0.6 is 11.3 Å². The minimum absolute atomic E-state index is 0.491. The van der Waals surface area contributed by atoms with Gasteiger partial charge in [0.15, 0.2) is 0 Å². The molecule has 6 heteroatoms. The monoisotopic (exact) mass is 302 g/mol. The molecule has 2 N–H and O–H groups in total. The second kappa shape index (κ2) is 5.73. The highest BCUT2D eigenvalue weighted by atomic mass is 32.1. The molecule has 0 spiro atoms. The minimum Gasteiger partial charge on any atom is -0.491 e. The highest BCUT2D eigenvalue weighted by molar-refractivity contribution is 7.09. The van der Waals surface area contributed by atoms with E-state index in [1.165, 1.54) is 0 Å². The summed E-state index contributed by atoms with van der Waals surface area (Å²) in [5.41, 5.74) is 8.91. The maximum absolute atomic E-state index is 6.08. The van der Waals surface area contributed by atoms with Gasteiger partial charge in [-0.2, -0.15) is 0 Å². The second-order valence-electron chi connectivity index (χ2n) is 4.91. The summed E-state index contributed by atoms with van der Waals surface area (Å²) in [7, 11) is 0. The van der Waals surface area contributed by atoms with E-state index in [2.05, 4.69) is 16.9 Å². The molecule has 2 heterocycles. The smallest absolute Gasteiger partial charge is 0.201 e. The molecule has 3 rings (SSSR count). The molecule has 0 bridgehead atoms. The van der Waals surface area contributed by atoms with E-state index in [1.807, 2.05) is 35.1 Å². The molecule has 0 atom stereocenters. The molecule has 1 aromatic carbocycles. The van der Waals surface area contributed by atoms with Crippen molar-refractivity contribution in [3.63, 3.8) is 0 Å². The van der Waals surface area contributed by atoms with E-state index in [0.717, 1.165) is 33.9 Å². The summed E-state index contributed by atoms with van der Waals surface area (Å²) in [6.07, 6.45) is 0.963. The van der Waals surface area contributed by atoms with Crippen LogP contribution in [-0.4, -0.2) is 21.1 Å². The third kappa shape index (κ3) is 2.71. The number of fused-ring (bicyclic) bond motifs is 1. The van der Waals surface area contributed by atoms with Gasteiger partial charge in [0, 0.05) is 11.1 Å². The Balaban J connectivity index is 2.00. The Labute approximate surface area is 127 Å². The van der Waals surface area contributed by atoms with Crippen LogP contribution in [0, 0.1) is 6.92 Å². The molecule has 0 aliphatic rings. The lowest BCUT2D eigenvalue weighted by atomic mass is 10.3. The number of nitrogen functional groups attached to an aromatic ring is 1. The first-order valence-electron chi connectivity index (χ1n) is 6.97. The van der Waals surface area contributed by atoms with E-state index in [0.29, 0.717) is 19.1 Å². The van der Waals surface area contributed by atoms with Crippen molar-refractivity contribution in [3.05, 3.63) is 34.3 Å². The zero-order valence-corrected chi connectivity index (χ0v) is 13.0. The molecule has 2 aromatic heterocycles. The topological polar surface area (TPSA) is 66.0 Å². The highest BCUT2D eigenvalue weighted by Crippen LogP contribution is 2.28. The highest BCUT2D eigenvalue weighted by Gasteiger charge is 2.13. The van der Waals surface area contributed by atoms with Crippen molar-refractivity contribution in [3.8, 4) is 5.75 Å². The summed E-state index contributed by atoms with van der Waals surface area (Å²) in [4.78, 5) is 8.95. The lowest BCUT2D eigenvalue weighted by molar-refractivity contribution is 0.320. The van der Waals surface area contributed by atoms with Crippen LogP contribution in [0.1, 0.15) is 24.0 Å². The number of ether oxygens (including phenoxy) is 1. The molecule has 0 radical (unpaired) electrons. The van der Waals surface area contributed by atoms with Gasteiger partial charge in [0.2, 0.25) is 5.95 Å². The molecule has 0 saturated heterocycles. The molecule has 110 valence electrons. The molecule has 0 aliphatic heterocycles. The Hall–Kier alpha value is -2.08. The zero-order valence-electron chi connectivity index (χ0n) is 12.2. The number of aromatic nitrogens is 3. The molecule has 0 unspecified atom stereocenters. The van der Waals surface area contributed by atoms with Crippen LogP contribution in [0.15, 0.2) is 23.6 Å². The lowest BCUT2D eigenvalue weighted by Gasteiger charge is -2.06. The van der Waals surface area contributed by atoms with Gasteiger partial charge in [0.25, 0.3) is 0 Å². The van der Waals surface area contributed by atoms with Crippen LogP contribution in [0.2, 0.25) is 0 Å². The fourth-order valence-corrected chi connectivity index (χ4v) is 3.00. The summed E-state index contributed by atoms with van der Waals surface area (Å²) in [6, 6.07) is 5.92. The molecule has 0 fully saturated rings. The number of hydrogen-bond donors (Lipinski definition) is 1. The molecule has 0 saturated carbocycles. The average Bonchev–Trinajstić information content (AvgIpc) is 3.02. The van der Waals surface area contributed by atoms with E-state index in [4.69, 9.17) is 10.5 Å². The molecule has 21 heavy (non-hydrogen) atoms. The minimum atomic E-state index is 0.491. The van der Waals surface area contributed by atoms with E-state index < -0.39 is 0 Å². The Bertz CT molecular complexity index is 762. The number of anilines is 1. The second-order valence-corrected chi connectivity index (χ2v) is 5.85. The Morgan fingerprint density at radius 1 is 1.33 bits per heavy atom. The summed E-state index contributed by atoms with van der Waals surface area (Å²) in [5.74, 6) is 1.28. The van der Waals surface area contributed by atoms with Gasteiger partial charge in [-0.1, -0.05) is 13.0 Å². The van der Waals surface area contributed by atoms with Gasteiger partial charge < -0.3 is 15.0 Å². The van der Waals surface area contributed by atoms with Crippen molar-refractivity contribution >= 4 is 28.3 Å². The quantitative estimate of drug-likeness (QED) is 0.786. The fraction of sp³-hybridized carbons (Fsp3) is 0.333. The predicted molar refractivity (Wildman–Crippen MR) is 85.9 cm³/mol. The largest absolute Gasteiger partial charge is 0.491 e. The fourth-order valence-electron chi connectivity index (χ4n) is 2.24. The van der Waals surface area contributed by atoms with Gasteiger partial charge in [0.1, 0.15) is 16.3 Å². The zero-order chi connectivity index (χ0) is 14.8. The molecule has 0 amide bonds. The van der Waals surface area contributed by atoms with Crippen molar-refractivity contribution in [1.82, 2.24) is 14.5 Å². The molecular weight excluding hydrogens is 284 g/mol. The number of nitrogens with zero attached hydrogens (tertiary/aromatic N) is 3. The van der Waals surface area contributed by atoms with Gasteiger partial charge in [0.05, 0.1) is 18.7 Å². The van der Waals surface area contributed by atoms with Crippen LogP contribution in [0.5, 0.6) is 5.75 Å². The molecule has 0 aliphatic carbocycles. The Morgan fingerprint density at radius 2 is 2.19 bits per heavy atom. The van der Waals surface area contributed by atoms with Gasteiger partial charge in [-0.25, -0.2) is 9.97 Å². The number of hydrogen-bond acceptors (Lipinski definition) is 5. The molecule has 5 nitrogen and oxygen atoms in total. The van der Waals surface area contributed by atoms with E-state index in [-0.39, 0.29) is 0 Å². The summed E-state index contributed by atoms with van der Waals surface area (Å²) in [5, 5.41) is 3.07. The lowest BCUT2D eigenvalue weighted by Crippen LogP contribution is -2.04. The maximum Gasteiger partial charge on any atom is 0.201 e. The van der Waals surface area contributed by atoms with Crippen molar-refractivity contribution in [2.45, 2.75) is 26.8 Å². The summed E-state index contributed by atoms with van der Waals surface area (Å²) >= 11 is 1.64. The van der Waals surface area contributed by atoms with Crippen molar-refractivity contribution in [2.24, 2.45) is 0 Å². The Morgan fingerprint density at radius 3 is 2.90 bits per heavy atom. The van der Waals surface area contributed by atoms with Gasteiger partial charge in [-0.05, 0) is 25.5 Å². The van der Waals surface area contributed by atoms with Crippen LogP contribution < -0.4 is 10.5 Å². The van der Waals surface area contributed by atoms with E-state index in [9.17, 15) is 0 Å². The molecular formula is C15H18N4OS. The first-order chi connectivity index (χ1) is 10.2. The number of benzene rings is 1. The predicted octanol–water partition coefficient (Wildman–Crippen LogP) is 3.22. The van der Waals surface area contributed by atoms with Crippen molar-refractivity contribution in [2.75, 3.05) is 12.3 Å². The number of imidazole rings is 1. The third-order valence-electron chi connectivity index (χ3n) is 3.19. The Kier molecular flexibility index (Phi) is 3.79. The first-order valence-corrected chi connectivity index (χ1v) is 7.85. The number of rotatable bonds is 5. The van der Waals surface area contributed by atoms with E-state index >= 15 is 0 Å². The van der Waals surface area contributed by atoms with Crippen LogP contribution in [-0.2, 0) is 6.54 Å². The van der Waals surface area contributed by atoms with Crippen LogP contribution in [0.25, 0.3) is 11.0 Å². The van der Waals surface area contributed by atoms with Gasteiger partial charge >= 0.3 is 0 Å². The van der Waals surface area contributed by atoms with E-state index in [1.54, 1.807) is 11.3 Å². The number of thiazole rings is 1. The summed E-state index contributed by atoms with van der Waals surface area (Å²) < 4.78 is 7.73. The SMILES string of the molecule is CCCOc1cccc2c1nc(N)n2Cc1nc(C)cs1. The van der Waals surface area contributed by atoms with Crippen molar-refractivity contribution < 1.29 is 4.74 Å². The first kappa shape index (κ1) is 13.9. The number of para-hydroxylation sites is 1. The third-order valence-corrected chi connectivity index (χ3v) is 4.14.